The molecule has 7 rings (SSSR count). The molecule has 0 aliphatic carbocycles. The summed E-state index contributed by atoms with van der Waals surface area (Å²) in [4.78, 5) is 25.8. The molecule has 5 aromatic rings. The molecule has 1 saturated heterocycles. The third-order valence-electron chi connectivity index (χ3n) is 7.60. The third kappa shape index (κ3) is 4.04. The predicted molar refractivity (Wildman–Crippen MR) is 148 cm³/mol. The molecule has 200 valence electrons. The number of aromatic nitrogens is 5. The molecule has 2 aliphatic heterocycles. The van der Waals surface area contributed by atoms with Crippen molar-refractivity contribution in [2.45, 2.75) is 6.04 Å². The van der Waals surface area contributed by atoms with Crippen molar-refractivity contribution in [2.24, 2.45) is 0 Å². The molecule has 1 atom stereocenters. The van der Waals surface area contributed by atoms with E-state index in [-0.39, 0.29) is 17.8 Å². The van der Waals surface area contributed by atoms with Gasteiger partial charge in [-0.3, -0.25) is 14.3 Å². The molecule has 1 amide bonds. The Hall–Kier alpha value is -4.83. The van der Waals surface area contributed by atoms with Crippen molar-refractivity contribution in [3.63, 3.8) is 0 Å². The van der Waals surface area contributed by atoms with Gasteiger partial charge in [-0.05, 0) is 42.5 Å². The second-order valence-corrected chi connectivity index (χ2v) is 9.83. The summed E-state index contributed by atoms with van der Waals surface area (Å²) < 4.78 is 24.8. The second kappa shape index (κ2) is 9.73. The first-order valence-electron chi connectivity index (χ1n) is 13.2. The number of carbonyl (C=O) groups excluding carboxylic acids is 1. The van der Waals surface area contributed by atoms with Gasteiger partial charge in [0.2, 0.25) is 5.91 Å². The first-order valence-corrected chi connectivity index (χ1v) is 13.2. The van der Waals surface area contributed by atoms with Gasteiger partial charge >= 0.3 is 0 Å². The first kappa shape index (κ1) is 24.2. The van der Waals surface area contributed by atoms with E-state index in [0.29, 0.717) is 48.1 Å². The summed E-state index contributed by atoms with van der Waals surface area (Å²) in [5.41, 5.74) is 3.47. The van der Waals surface area contributed by atoms with E-state index in [9.17, 15) is 4.79 Å². The fraction of sp³-hybridized carbons (Fsp3) is 0.200. The maximum atomic E-state index is 15.0. The molecule has 0 radical (unpaired) electrons. The molecule has 0 N–H and O–H groups in total. The minimum Gasteiger partial charge on any atom is -0.491 e. The van der Waals surface area contributed by atoms with Crippen LogP contribution in [0.4, 0.5) is 4.39 Å². The van der Waals surface area contributed by atoms with Crippen molar-refractivity contribution in [3.8, 4) is 28.6 Å². The molecule has 10 heteroatoms. The highest BCUT2D eigenvalue weighted by atomic mass is 19.1. The smallest absolute Gasteiger partial charge is 0.246 e. The highest BCUT2D eigenvalue weighted by Gasteiger charge is 2.33. The molecule has 3 aromatic heterocycles. The van der Waals surface area contributed by atoms with E-state index in [2.05, 4.69) is 22.6 Å². The zero-order valence-electron chi connectivity index (χ0n) is 21.7. The van der Waals surface area contributed by atoms with E-state index in [0.717, 1.165) is 30.1 Å². The number of nitrogens with zero attached hydrogens (tertiary/aromatic N) is 7. The summed E-state index contributed by atoms with van der Waals surface area (Å²) in [5.74, 6) is 1.46. The number of halogens is 1. The second-order valence-electron chi connectivity index (χ2n) is 9.83. The highest BCUT2D eigenvalue weighted by molar-refractivity contribution is 5.87. The molecule has 9 nitrogen and oxygen atoms in total. The van der Waals surface area contributed by atoms with Crippen molar-refractivity contribution in [1.29, 1.82) is 0 Å². The number of imidazole rings is 1. The number of rotatable bonds is 5. The quantitative estimate of drug-likeness (QED) is 0.314. The Morgan fingerprint density at radius 2 is 1.88 bits per heavy atom. The van der Waals surface area contributed by atoms with E-state index in [1.54, 1.807) is 29.1 Å². The van der Waals surface area contributed by atoms with Crippen LogP contribution >= 0.6 is 0 Å². The fourth-order valence-electron chi connectivity index (χ4n) is 5.55. The van der Waals surface area contributed by atoms with Crippen LogP contribution in [0.1, 0.15) is 11.6 Å². The van der Waals surface area contributed by atoms with Crippen molar-refractivity contribution in [2.75, 3.05) is 32.8 Å². The summed E-state index contributed by atoms with van der Waals surface area (Å²) in [6.07, 6.45) is 4.88. The maximum Gasteiger partial charge on any atom is 0.246 e. The average Bonchev–Trinajstić information content (AvgIpc) is 3.75. The van der Waals surface area contributed by atoms with Gasteiger partial charge in [-0.15, -0.1) is 0 Å². The Morgan fingerprint density at radius 3 is 2.65 bits per heavy atom. The van der Waals surface area contributed by atoms with Crippen molar-refractivity contribution >= 4 is 17.1 Å². The van der Waals surface area contributed by atoms with Crippen molar-refractivity contribution in [3.05, 3.63) is 97.1 Å². The minimum atomic E-state index is -0.363. The van der Waals surface area contributed by atoms with E-state index < -0.39 is 0 Å². The number of fused-ring (bicyclic) bond motifs is 2. The molecule has 40 heavy (non-hydrogen) atoms. The Kier molecular flexibility index (Phi) is 5.89. The van der Waals surface area contributed by atoms with Gasteiger partial charge in [-0.2, -0.15) is 5.10 Å². The lowest BCUT2D eigenvalue weighted by molar-refractivity contribution is -0.128. The maximum absolute atomic E-state index is 15.0. The number of amides is 1. The number of ether oxygens (including phenoxy) is 1. The van der Waals surface area contributed by atoms with Gasteiger partial charge in [-0.25, -0.2) is 19.0 Å². The van der Waals surface area contributed by atoms with Crippen LogP contribution in [0.25, 0.3) is 34.1 Å². The molecular formula is C30H26FN7O2. The van der Waals surface area contributed by atoms with Gasteiger partial charge < -0.3 is 9.64 Å². The number of piperazine rings is 1. The van der Waals surface area contributed by atoms with Gasteiger partial charge in [0.15, 0.2) is 11.5 Å². The van der Waals surface area contributed by atoms with E-state index in [1.807, 2.05) is 46.0 Å². The molecule has 0 saturated carbocycles. The number of pyridine rings is 1. The molecule has 2 aromatic carbocycles. The largest absolute Gasteiger partial charge is 0.491 e. The highest BCUT2D eigenvalue weighted by Crippen LogP contribution is 2.39. The topological polar surface area (TPSA) is 81.3 Å². The zero-order chi connectivity index (χ0) is 27.2. The predicted octanol–water partition coefficient (Wildman–Crippen LogP) is 4.18. The van der Waals surface area contributed by atoms with Crippen LogP contribution < -0.4 is 4.74 Å². The van der Waals surface area contributed by atoms with Crippen LogP contribution in [0.5, 0.6) is 5.75 Å². The number of hydrogen-bond acceptors (Lipinski definition) is 6. The summed E-state index contributed by atoms with van der Waals surface area (Å²) in [5, 5.41) is 4.31. The average molecular weight is 536 g/mol. The van der Waals surface area contributed by atoms with E-state index in [4.69, 9.17) is 14.7 Å². The van der Waals surface area contributed by atoms with Crippen LogP contribution in [0.3, 0.4) is 0 Å². The van der Waals surface area contributed by atoms with Crippen molar-refractivity contribution in [1.82, 2.24) is 34.1 Å². The normalized spacial score (nSPS) is 17.1. The monoisotopic (exact) mass is 535 g/mol. The van der Waals surface area contributed by atoms with Crippen LogP contribution in [-0.4, -0.2) is 72.8 Å². The Morgan fingerprint density at radius 1 is 1.02 bits per heavy atom. The van der Waals surface area contributed by atoms with Gasteiger partial charge in [0.25, 0.3) is 0 Å². The van der Waals surface area contributed by atoms with Gasteiger partial charge in [0, 0.05) is 50.2 Å². The SMILES string of the molecule is C=CC(=O)N1CCN([C@H]2COc3cc(-n4c(-c5ccccc5F)nc5ccc(-n6cccn6)nc54)ccc32)CC1. The Bertz CT molecular complexity index is 1740. The molecule has 1 fully saturated rings. The lowest BCUT2D eigenvalue weighted by Gasteiger charge is -2.37. The Balaban J connectivity index is 1.29. The van der Waals surface area contributed by atoms with Crippen LogP contribution in [0, 0.1) is 5.82 Å². The lowest BCUT2D eigenvalue weighted by Crippen LogP contribution is -2.49. The summed E-state index contributed by atoms with van der Waals surface area (Å²) in [6.45, 7) is 6.97. The van der Waals surface area contributed by atoms with Crippen LogP contribution in [0.15, 0.2) is 85.7 Å². The Labute approximate surface area is 229 Å². The first-order chi connectivity index (χ1) is 19.6. The van der Waals surface area contributed by atoms with E-state index in [1.165, 1.54) is 12.1 Å². The minimum absolute atomic E-state index is 0.0325. The van der Waals surface area contributed by atoms with Gasteiger partial charge in [0.1, 0.15) is 29.5 Å². The summed E-state index contributed by atoms with van der Waals surface area (Å²) >= 11 is 0. The zero-order valence-corrected chi connectivity index (χ0v) is 21.7. The van der Waals surface area contributed by atoms with Crippen molar-refractivity contribution < 1.29 is 13.9 Å². The lowest BCUT2D eigenvalue weighted by atomic mass is 10.1. The number of hydrogen-bond donors (Lipinski definition) is 0. The fourth-order valence-corrected chi connectivity index (χ4v) is 5.55. The molecular weight excluding hydrogens is 509 g/mol. The molecule has 2 aliphatic rings. The summed E-state index contributed by atoms with van der Waals surface area (Å²) in [7, 11) is 0. The number of carbonyl (C=O) groups is 1. The molecule has 0 spiro atoms. The number of benzene rings is 2. The molecule has 5 heterocycles. The standard InChI is InChI=1S/C30H26FN7O2/c1-2-28(39)36-16-14-35(15-17-36)25-19-40-26-18-20(8-9-22(25)26)38-29(21-6-3-4-7-23(21)31)33-24-10-11-27(34-30(24)38)37-13-5-12-32-37/h2-13,18,25H,1,14-17,19H2/t25-/m0/s1. The van der Waals surface area contributed by atoms with Gasteiger partial charge in [0.05, 0.1) is 17.3 Å². The molecule has 0 bridgehead atoms. The van der Waals surface area contributed by atoms with Crippen LogP contribution in [-0.2, 0) is 4.79 Å². The van der Waals surface area contributed by atoms with Crippen LogP contribution in [0.2, 0.25) is 0 Å². The third-order valence-corrected chi connectivity index (χ3v) is 7.60. The van der Waals surface area contributed by atoms with E-state index >= 15 is 4.39 Å². The summed E-state index contributed by atoms with van der Waals surface area (Å²) in [6, 6.07) is 18.3. The van der Waals surface area contributed by atoms with Gasteiger partial charge in [-0.1, -0.05) is 24.8 Å². The molecule has 0 unspecified atom stereocenters.